The van der Waals surface area contributed by atoms with E-state index in [1.165, 1.54) is 16.4 Å². The number of amides is 1. The van der Waals surface area contributed by atoms with Crippen LogP contribution in [0.3, 0.4) is 0 Å². The summed E-state index contributed by atoms with van der Waals surface area (Å²) in [6.07, 6.45) is -0.445. The highest BCUT2D eigenvalue weighted by molar-refractivity contribution is 7.89. The molecule has 0 unspecified atom stereocenters. The molecule has 2 aliphatic heterocycles. The first kappa shape index (κ1) is 19.5. The van der Waals surface area contributed by atoms with E-state index in [-0.39, 0.29) is 42.8 Å². The van der Waals surface area contributed by atoms with Gasteiger partial charge in [-0.15, -0.1) is 0 Å². The van der Waals surface area contributed by atoms with Crippen molar-refractivity contribution >= 4 is 21.6 Å². The van der Waals surface area contributed by atoms with E-state index >= 15 is 0 Å². The van der Waals surface area contributed by atoms with Crippen molar-refractivity contribution < 1.29 is 22.4 Å². The molecule has 2 heterocycles. The summed E-state index contributed by atoms with van der Waals surface area (Å²) < 4.78 is 39.9. The van der Waals surface area contributed by atoms with Crippen molar-refractivity contribution in [3.8, 4) is 0 Å². The highest BCUT2D eigenvalue weighted by atomic mass is 32.2. The van der Waals surface area contributed by atoms with Crippen LogP contribution in [0.2, 0.25) is 0 Å². The Balaban J connectivity index is 1.35. The first-order valence-electron chi connectivity index (χ1n) is 9.28. The molecule has 152 valence electrons. The molecule has 4 rings (SSSR count). The molecule has 7 nitrogen and oxygen atoms in total. The van der Waals surface area contributed by atoms with E-state index in [4.69, 9.17) is 4.84 Å². The van der Waals surface area contributed by atoms with E-state index in [0.29, 0.717) is 17.7 Å². The molecule has 29 heavy (non-hydrogen) atoms. The van der Waals surface area contributed by atoms with Crippen LogP contribution in [0.25, 0.3) is 0 Å². The Bertz CT molecular complexity index is 1020. The van der Waals surface area contributed by atoms with Crippen molar-refractivity contribution in [2.45, 2.75) is 17.4 Å². The predicted molar refractivity (Wildman–Crippen MR) is 104 cm³/mol. The minimum Gasteiger partial charge on any atom is -0.382 e. The number of hydrogen-bond acceptors (Lipinski definition) is 5. The zero-order chi connectivity index (χ0) is 20.4. The predicted octanol–water partition coefficient (Wildman–Crippen LogP) is 1.85. The minimum absolute atomic E-state index is 0.220. The van der Waals surface area contributed by atoms with E-state index in [1.807, 2.05) is 0 Å². The summed E-state index contributed by atoms with van der Waals surface area (Å²) in [4.78, 5) is 19.9. The van der Waals surface area contributed by atoms with Gasteiger partial charge < -0.3 is 9.74 Å². The van der Waals surface area contributed by atoms with E-state index in [0.717, 1.165) is 0 Å². The number of carbonyl (C=O) groups excluding carboxylic acids is 1. The molecule has 2 aromatic carbocycles. The Hall–Kier alpha value is -2.78. The molecular weight excluding hydrogens is 397 g/mol. The van der Waals surface area contributed by atoms with Crippen LogP contribution in [-0.4, -0.2) is 61.5 Å². The third kappa shape index (κ3) is 4.01. The summed E-state index contributed by atoms with van der Waals surface area (Å²) in [5.41, 5.74) is 1.30. The Labute approximate surface area is 168 Å². The lowest BCUT2D eigenvalue weighted by molar-refractivity contribution is -0.143. The number of rotatable bonds is 4. The Kier molecular flexibility index (Phi) is 5.33. The summed E-state index contributed by atoms with van der Waals surface area (Å²) in [5, 5.41) is 3.97. The average Bonchev–Trinajstić information content (AvgIpc) is 3.25. The van der Waals surface area contributed by atoms with Gasteiger partial charge in [-0.2, -0.15) is 4.31 Å². The number of nitrogens with zero attached hydrogens (tertiary/aromatic N) is 3. The Morgan fingerprint density at radius 1 is 1.00 bits per heavy atom. The first-order valence-corrected chi connectivity index (χ1v) is 10.7. The first-order chi connectivity index (χ1) is 13.9. The molecule has 1 saturated heterocycles. The lowest BCUT2D eigenvalue weighted by atomic mass is 10.0. The lowest BCUT2D eigenvalue weighted by Gasteiger charge is -2.34. The highest BCUT2D eigenvalue weighted by Crippen LogP contribution is 2.21. The molecule has 2 aliphatic rings. The van der Waals surface area contributed by atoms with Gasteiger partial charge in [0.15, 0.2) is 0 Å². The molecule has 1 fully saturated rings. The number of oxime groups is 1. The zero-order valence-corrected chi connectivity index (χ0v) is 16.4. The molecule has 0 N–H and O–H groups in total. The zero-order valence-electron chi connectivity index (χ0n) is 15.6. The third-order valence-corrected chi connectivity index (χ3v) is 6.97. The van der Waals surface area contributed by atoms with Gasteiger partial charge in [-0.1, -0.05) is 35.5 Å². The normalized spacial score (nSPS) is 20.2. The highest BCUT2D eigenvalue weighted by Gasteiger charge is 2.36. The van der Waals surface area contributed by atoms with Crippen LogP contribution in [0.4, 0.5) is 4.39 Å². The summed E-state index contributed by atoms with van der Waals surface area (Å²) in [5.74, 6) is -0.563. The van der Waals surface area contributed by atoms with Gasteiger partial charge >= 0.3 is 0 Å². The van der Waals surface area contributed by atoms with Crippen molar-refractivity contribution in [2.24, 2.45) is 5.16 Å². The van der Waals surface area contributed by atoms with Crippen LogP contribution in [0.5, 0.6) is 0 Å². The van der Waals surface area contributed by atoms with Gasteiger partial charge in [-0.05, 0) is 29.8 Å². The van der Waals surface area contributed by atoms with Gasteiger partial charge in [0.25, 0.3) is 5.91 Å². The molecule has 2 aromatic rings. The van der Waals surface area contributed by atoms with Crippen molar-refractivity contribution in [3.63, 3.8) is 0 Å². The van der Waals surface area contributed by atoms with Gasteiger partial charge in [-0.25, -0.2) is 12.8 Å². The van der Waals surface area contributed by atoms with Crippen molar-refractivity contribution in [3.05, 3.63) is 66.0 Å². The van der Waals surface area contributed by atoms with Gasteiger partial charge in [0.05, 0.1) is 10.6 Å². The maximum Gasteiger partial charge on any atom is 0.266 e. The number of halogens is 1. The average molecular weight is 417 g/mol. The summed E-state index contributed by atoms with van der Waals surface area (Å²) in [7, 11) is -3.57. The maximum atomic E-state index is 13.1. The van der Waals surface area contributed by atoms with E-state index in [9.17, 15) is 17.6 Å². The molecule has 1 atom stereocenters. The van der Waals surface area contributed by atoms with E-state index < -0.39 is 16.1 Å². The van der Waals surface area contributed by atoms with Crippen LogP contribution < -0.4 is 0 Å². The van der Waals surface area contributed by atoms with E-state index in [1.54, 1.807) is 47.4 Å². The maximum absolute atomic E-state index is 13.1. The van der Waals surface area contributed by atoms with Crippen LogP contribution in [0, 0.1) is 5.82 Å². The molecule has 1 amide bonds. The second-order valence-electron chi connectivity index (χ2n) is 6.89. The molecule has 0 spiro atoms. The molecule has 0 radical (unpaired) electrons. The number of benzene rings is 2. The fraction of sp³-hybridized carbons (Fsp3) is 0.300. The van der Waals surface area contributed by atoms with Crippen LogP contribution in [0.15, 0.2) is 64.6 Å². The molecule has 0 bridgehead atoms. The van der Waals surface area contributed by atoms with Crippen LogP contribution in [-0.2, 0) is 19.7 Å². The molecule has 0 aromatic heterocycles. The monoisotopic (exact) mass is 417 g/mol. The van der Waals surface area contributed by atoms with Crippen LogP contribution >= 0.6 is 0 Å². The fourth-order valence-electron chi connectivity index (χ4n) is 3.42. The fourth-order valence-corrected chi connectivity index (χ4v) is 4.86. The van der Waals surface area contributed by atoms with E-state index in [2.05, 4.69) is 5.16 Å². The molecule has 0 saturated carbocycles. The third-order valence-electron chi connectivity index (χ3n) is 5.05. The van der Waals surface area contributed by atoms with Gasteiger partial charge in [0.2, 0.25) is 16.1 Å². The second kappa shape index (κ2) is 7.92. The largest absolute Gasteiger partial charge is 0.382 e. The topological polar surface area (TPSA) is 79.3 Å². The smallest absolute Gasteiger partial charge is 0.266 e. The van der Waals surface area contributed by atoms with Crippen molar-refractivity contribution in [2.75, 3.05) is 26.2 Å². The minimum atomic E-state index is -3.57. The SMILES string of the molecule is O=C([C@H]1CC(c2ccc(F)cc2)=NO1)N1CCN(S(=O)(=O)c2ccccc2)CC1. The lowest BCUT2D eigenvalue weighted by Crippen LogP contribution is -2.52. The molecule has 9 heteroatoms. The van der Waals surface area contributed by atoms with Gasteiger partial charge in [0.1, 0.15) is 5.82 Å². The second-order valence-corrected chi connectivity index (χ2v) is 8.82. The Morgan fingerprint density at radius 3 is 2.31 bits per heavy atom. The standard InChI is InChI=1S/C20H20FN3O4S/c21-16-8-6-15(7-9-16)18-14-19(28-22-18)20(25)23-10-12-24(13-11-23)29(26,27)17-4-2-1-3-5-17/h1-9,19H,10-14H2/t19-/m1/s1. The number of hydrogen-bond donors (Lipinski definition) is 0. The summed E-state index contributed by atoms with van der Waals surface area (Å²) >= 11 is 0. The quantitative estimate of drug-likeness (QED) is 0.761. The van der Waals surface area contributed by atoms with Crippen molar-refractivity contribution in [1.29, 1.82) is 0 Å². The summed E-state index contributed by atoms with van der Waals surface area (Å²) in [6, 6.07) is 14.1. The molecule has 0 aliphatic carbocycles. The molecular formula is C20H20FN3O4S. The van der Waals surface area contributed by atoms with Crippen LogP contribution in [0.1, 0.15) is 12.0 Å². The van der Waals surface area contributed by atoms with Gasteiger partial charge in [0, 0.05) is 32.6 Å². The Morgan fingerprint density at radius 2 is 1.66 bits per heavy atom. The van der Waals surface area contributed by atoms with Crippen molar-refractivity contribution in [1.82, 2.24) is 9.21 Å². The van der Waals surface area contributed by atoms with Gasteiger partial charge in [-0.3, -0.25) is 4.79 Å². The number of piperazine rings is 1. The number of carbonyl (C=O) groups is 1. The number of sulfonamides is 1. The summed E-state index contributed by atoms with van der Waals surface area (Å²) in [6.45, 7) is 1.02.